The molecule has 0 saturated carbocycles. The second-order valence-corrected chi connectivity index (χ2v) is 3.06. The maximum absolute atomic E-state index is 10.9. The van der Waals surface area contributed by atoms with Crippen molar-refractivity contribution in [1.82, 2.24) is 5.32 Å². The quantitative estimate of drug-likeness (QED) is 0.466. The molecule has 0 spiro atoms. The van der Waals surface area contributed by atoms with Crippen LogP contribution in [0.15, 0.2) is 11.8 Å². The Morgan fingerprint density at radius 3 is 2.42 bits per heavy atom. The van der Waals surface area contributed by atoms with Crippen LogP contribution in [0, 0.1) is 5.41 Å². The zero-order valence-electron chi connectivity index (χ0n) is 6.76. The number of carbonyl (C=O) groups is 2. The van der Waals surface area contributed by atoms with Gasteiger partial charge in [-0.2, -0.15) is 0 Å². The van der Waals surface area contributed by atoms with Crippen LogP contribution in [0.5, 0.6) is 0 Å². The van der Waals surface area contributed by atoms with Gasteiger partial charge in [0.1, 0.15) is 0 Å². The van der Waals surface area contributed by atoms with E-state index < -0.39 is 17.2 Å². The number of nitrogens with one attached hydrogen (secondary N) is 1. The second-order valence-electron chi connectivity index (χ2n) is 3.06. The lowest BCUT2D eigenvalue weighted by molar-refractivity contribution is -0.124. The SMILES string of the molecule is CC1(C(N)=O)C=C(C(N)=O)NC1. The van der Waals surface area contributed by atoms with Crippen molar-refractivity contribution in [2.24, 2.45) is 16.9 Å². The summed E-state index contributed by atoms with van der Waals surface area (Å²) in [5.74, 6) is -1.04. The summed E-state index contributed by atoms with van der Waals surface area (Å²) in [5, 5.41) is 2.71. The van der Waals surface area contributed by atoms with E-state index in [0.717, 1.165) is 0 Å². The van der Waals surface area contributed by atoms with Gasteiger partial charge in [-0.05, 0) is 13.0 Å². The number of carbonyl (C=O) groups excluding carboxylic acids is 2. The summed E-state index contributed by atoms with van der Waals surface area (Å²) in [7, 11) is 0. The molecule has 1 aliphatic heterocycles. The van der Waals surface area contributed by atoms with Crippen molar-refractivity contribution in [2.45, 2.75) is 6.92 Å². The van der Waals surface area contributed by atoms with Gasteiger partial charge in [0, 0.05) is 6.54 Å². The molecule has 1 aliphatic rings. The fraction of sp³-hybridized carbons (Fsp3) is 0.429. The maximum atomic E-state index is 10.9. The van der Waals surface area contributed by atoms with E-state index >= 15 is 0 Å². The molecule has 0 fully saturated rings. The molecule has 0 aliphatic carbocycles. The monoisotopic (exact) mass is 169 g/mol. The van der Waals surface area contributed by atoms with E-state index in [1.54, 1.807) is 6.92 Å². The van der Waals surface area contributed by atoms with Crippen molar-refractivity contribution >= 4 is 11.8 Å². The third-order valence-electron chi connectivity index (χ3n) is 1.94. The number of rotatable bonds is 2. The van der Waals surface area contributed by atoms with E-state index in [1.807, 2.05) is 0 Å². The lowest BCUT2D eigenvalue weighted by atomic mass is 9.91. The molecule has 1 atom stereocenters. The summed E-state index contributed by atoms with van der Waals surface area (Å²) >= 11 is 0. The van der Waals surface area contributed by atoms with Gasteiger partial charge in [0.2, 0.25) is 5.91 Å². The molecule has 0 saturated heterocycles. The van der Waals surface area contributed by atoms with Gasteiger partial charge in [0.25, 0.3) is 5.91 Å². The van der Waals surface area contributed by atoms with Gasteiger partial charge < -0.3 is 16.8 Å². The van der Waals surface area contributed by atoms with Crippen molar-refractivity contribution in [3.8, 4) is 0 Å². The van der Waals surface area contributed by atoms with Gasteiger partial charge in [-0.1, -0.05) is 0 Å². The zero-order valence-corrected chi connectivity index (χ0v) is 6.76. The Kier molecular flexibility index (Phi) is 1.79. The van der Waals surface area contributed by atoms with E-state index in [0.29, 0.717) is 6.54 Å². The van der Waals surface area contributed by atoms with Gasteiger partial charge in [-0.25, -0.2) is 0 Å². The fourth-order valence-corrected chi connectivity index (χ4v) is 1.02. The minimum absolute atomic E-state index is 0.260. The van der Waals surface area contributed by atoms with Gasteiger partial charge in [0.15, 0.2) is 0 Å². The molecule has 0 bridgehead atoms. The highest BCUT2D eigenvalue weighted by Crippen LogP contribution is 2.23. The highest BCUT2D eigenvalue weighted by atomic mass is 16.2. The highest BCUT2D eigenvalue weighted by Gasteiger charge is 2.34. The molecule has 0 aromatic heterocycles. The van der Waals surface area contributed by atoms with Crippen LogP contribution >= 0.6 is 0 Å². The number of hydrogen-bond acceptors (Lipinski definition) is 3. The summed E-state index contributed by atoms with van der Waals surface area (Å²) in [6.45, 7) is 1.98. The van der Waals surface area contributed by atoms with Gasteiger partial charge in [-0.3, -0.25) is 9.59 Å². The van der Waals surface area contributed by atoms with Crippen LogP contribution in [-0.2, 0) is 9.59 Å². The topological polar surface area (TPSA) is 98.2 Å². The molecule has 1 unspecified atom stereocenters. The van der Waals surface area contributed by atoms with E-state index in [1.165, 1.54) is 6.08 Å². The molecule has 0 aromatic carbocycles. The minimum Gasteiger partial charge on any atom is -0.379 e. The molecular weight excluding hydrogens is 158 g/mol. The Balaban J connectivity index is 2.89. The number of primary amides is 2. The van der Waals surface area contributed by atoms with Gasteiger partial charge >= 0.3 is 0 Å². The van der Waals surface area contributed by atoms with Crippen LogP contribution in [-0.4, -0.2) is 18.4 Å². The zero-order chi connectivity index (χ0) is 9.35. The predicted octanol–water partition coefficient (Wildman–Crippen LogP) is -1.55. The molecule has 0 radical (unpaired) electrons. The summed E-state index contributed by atoms with van der Waals surface area (Å²) in [6.07, 6.45) is 1.47. The van der Waals surface area contributed by atoms with E-state index in [2.05, 4.69) is 5.32 Å². The van der Waals surface area contributed by atoms with Crippen LogP contribution < -0.4 is 16.8 Å². The van der Waals surface area contributed by atoms with E-state index in [9.17, 15) is 9.59 Å². The smallest absolute Gasteiger partial charge is 0.264 e. The van der Waals surface area contributed by atoms with Crippen molar-refractivity contribution in [1.29, 1.82) is 0 Å². The Morgan fingerprint density at radius 1 is 1.58 bits per heavy atom. The fourth-order valence-electron chi connectivity index (χ4n) is 1.02. The molecule has 2 amide bonds. The minimum atomic E-state index is -0.787. The average molecular weight is 169 g/mol. The molecule has 5 N–H and O–H groups in total. The molecule has 5 heteroatoms. The van der Waals surface area contributed by atoms with E-state index in [4.69, 9.17) is 11.5 Å². The lowest BCUT2D eigenvalue weighted by Gasteiger charge is -2.14. The molecular formula is C7H11N3O2. The molecule has 12 heavy (non-hydrogen) atoms. The third kappa shape index (κ3) is 1.25. The summed E-state index contributed by atoms with van der Waals surface area (Å²) in [4.78, 5) is 21.5. The summed E-state index contributed by atoms with van der Waals surface area (Å²) < 4.78 is 0. The number of nitrogens with two attached hydrogens (primary N) is 2. The lowest BCUT2D eigenvalue weighted by Crippen LogP contribution is -2.36. The summed E-state index contributed by atoms with van der Waals surface area (Å²) in [5.41, 5.74) is 9.59. The number of hydrogen-bond donors (Lipinski definition) is 3. The Bertz CT molecular complexity index is 272. The second kappa shape index (κ2) is 2.51. The first-order valence-electron chi connectivity index (χ1n) is 3.52. The molecule has 1 heterocycles. The van der Waals surface area contributed by atoms with Crippen LogP contribution in [0.4, 0.5) is 0 Å². The molecule has 66 valence electrons. The normalized spacial score (nSPS) is 27.6. The van der Waals surface area contributed by atoms with Crippen LogP contribution in [0.25, 0.3) is 0 Å². The maximum Gasteiger partial charge on any atom is 0.264 e. The predicted molar refractivity (Wildman–Crippen MR) is 42.6 cm³/mol. The molecule has 1 rings (SSSR count). The van der Waals surface area contributed by atoms with Crippen LogP contribution in [0.3, 0.4) is 0 Å². The first-order chi connectivity index (χ1) is 5.46. The van der Waals surface area contributed by atoms with Crippen LogP contribution in [0.1, 0.15) is 6.92 Å². The third-order valence-corrected chi connectivity index (χ3v) is 1.94. The average Bonchev–Trinajstić information content (AvgIpc) is 2.33. The van der Waals surface area contributed by atoms with Gasteiger partial charge in [-0.15, -0.1) is 0 Å². The first kappa shape index (κ1) is 8.58. The van der Waals surface area contributed by atoms with Crippen molar-refractivity contribution in [2.75, 3.05) is 6.54 Å². The molecule has 0 aromatic rings. The largest absolute Gasteiger partial charge is 0.379 e. The van der Waals surface area contributed by atoms with Gasteiger partial charge in [0.05, 0.1) is 11.1 Å². The van der Waals surface area contributed by atoms with Crippen molar-refractivity contribution in [3.05, 3.63) is 11.8 Å². The Labute approximate surface area is 69.8 Å². The van der Waals surface area contributed by atoms with E-state index in [-0.39, 0.29) is 5.70 Å². The first-order valence-corrected chi connectivity index (χ1v) is 3.52. The standard InChI is InChI=1S/C7H11N3O2/c1-7(6(9)12)2-4(5(8)11)10-3-7/h2,10H,3H2,1H3,(H2,8,11)(H2,9,12). The summed E-state index contributed by atoms with van der Waals surface area (Å²) in [6, 6.07) is 0. The molecule has 5 nitrogen and oxygen atoms in total. The van der Waals surface area contributed by atoms with Crippen molar-refractivity contribution in [3.63, 3.8) is 0 Å². The number of amides is 2. The Morgan fingerprint density at radius 2 is 2.17 bits per heavy atom. The highest BCUT2D eigenvalue weighted by molar-refractivity contribution is 5.94. The van der Waals surface area contributed by atoms with Crippen molar-refractivity contribution < 1.29 is 9.59 Å². The Hall–Kier alpha value is -1.52. The van der Waals surface area contributed by atoms with Crippen LogP contribution in [0.2, 0.25) is 0 Å².